The smallest absolute Gasteiger partial charge is 0.0778 e. The molecule has 4 aliphatic rings. The number of rotatable bonds is 2. The second-order valence-electron chi connectivity index (χ2n) is 11.9. The third-order valence-corrected chi connectivity index (χ3v) is 11.6. The Balaban J connectivity index is 1.17. The van der Waals surface area contributed by atoms with E-state index in [0.29, 0.717) is 12.0 Å². The molecule has 0 amide bonds. The van der Waals surface area contributed by atoms with E-state index in [0.717, 1.165) is 19.3 Å². The summed E-state index contributed by atoms with van der Waals surface area (Å²) in [7, 11) is 0. The van der Waals surface area contributed by atoms with Crippen LogP contribution >= 0.6 is 11.8 Å². The number of thioether (sulfide) groups is 1. The lowest BCUT2D eigenvalue weighted by molar-refractivity contribution is 0.623. The molecule has 41 heavy (non-hydrogen) atoms. The fourth-order valence-electron chi connectivity index (χ4n) is 8.02. The summed E-state index contributed by atoms with van der Waals surface area (Å²) in [5.41, 5.74) is 12.8. The van der Waals surface area contributed by atoms with Crippen LogP contribution in [0.25, 0.3) is 38.5 Å². The molecule has 1 aliphatic heterocycles. The zero-order chi connectivity index (χ0) is 27.1. The molecule has 3 atom stereocenters. The normalized spacial score (nSPS) is 24.0. The minimum atomic E-state index is -0.0247. The van der Waals surface area contributed by atoms with Gasteiger partial charge < -0.3 is 4.57 Å². The number of hydrogen-bond donors (Lipinski definition) is 0. The zero-order valence-corrected chi connectivity index (χ0v) is 24.0. The van der Waals surface area contributed by atoms with E-state index in [1.54, 1.807) is 11.1 Å². The van der Waals surface area contributed by atoms with Crippen LogP contribution in [0, 0.1) is 0 Å². The third-order valence-electron chi connectivity index (χ3n) is 9.92. The molecule has 1 spiro atoms. The molecule has 2 heteroatoms. The van der Waals surface area contributed by atoms with Gasteiger partial charge >= 0.3 is 0 Å². The van der Waals surface area contributed by atoms with Gasteiger partial charge in [0.2, 0.25) is 0 Å². The minimum Gasteiger partial charge on any atom is -0.333 e. The van der Waals surface area contributed by atoms with Crippen LogP contribution in [0.2, 0.25) is 0 Å². The van der Waals surface area contributed by atoms with Crippen molar-refractivity contribution in [3.63, 3.8) is 0 Å². The van der Waals surface area contributed by atoms with Crippen molar-refractivity contribution in [1.82, 2.24) is 4.57 Å². The summed E-state index contributed by atoms with van der Waals surface area (Å²) in [6.07, 6.45) is 17.1. The summed E-state index contributed by atoms with van der Waals surface area (Å²) in [5.74, 6) is 0.422. The fraction of sp³-hybridized carbons (Fsp3) is 0.179. The summed E-state index contributed by atoms with van der Waals surface area (Å²) in [4.78, 5) is 1.43. The van der Waals surface area contributed by atoms with Crippen molar-refractivity contribution < 1.29 is 0 Å². The van der Waals surface area contributed by atoms with Crippen molar-refractivity contribution in [3.05, 3.63) is 144 Å². The number of aromatic nitrogens is 1. The quantitative estimate of drug-likeness (QED) is 0.214. The average molecular weight is 546 g/mol. The van der Waals surface area contributed by atoms with Crippen molar-refractivity contribution >= 4 is 39.1 Å². The molecule has 0 saturated heterocycles. The van der Waals surface area contributed by atoms with E-state index in [9.17, 15) is 0 Å². The Morgan fingerprint density at radius 2 is 1.63 bits per heavy atom. The molecule has 9 rings (SSSR count). The molecule has 2 heterocycles. The Morgan fingerprint density at radius 3 is 2.56 bits per heavy atom. The predicted octanol–water partition coefficient (Wildman–Crippen LogP) is 10.7. The van der Waals surface area contributed by atoms with Crippen LogP contribution in [-0.4, -0.2) is 4.57 Å². The Labute approximate surface area is 245 Å². The first-order valence-electron chi connectivity index (χ1n) is 14.9. The monoisotopic (exact) mass is 545 g/mol. The average Bonchev–Trinajstić information content (AvgIpc) is 3.63. The van der Waals surface area contributed by atoms with E-state index in [4.69, 9.17) is 0 Å². The highest BCUT2D eigenvalue weighted by atomic mass is 32.2. The maximum absolute atomic E-state index is 2.53. The summed E-state index contributed by atoms with van der Waals surface area (Å²) in [5, 5.41) is 2.67. The highest BCUT2D eigenvalue weighted by molar-refractivity contribution is 8.01. The number of para-hydroxylation sites is 1. The van der Waals surface area contributed by atoms with Crippen LogP contribution in [0.5, 0.6) is 0 Å². The van der Waals surface area contributed by atoms with Gasteiger partial charge in [-0.3, -0.25) is 0 Å². The van der Waals surface area contributed by atoms with Crippen LogP contribution in [-0.2, 0) is 4.75 Å². The standard InChI is InChI=1S/C39H31NS/c1-25-29-21-19-27(24-38(29)41-39(25)34-16-8-5-13-30(34)31-14-6-9-17-35(31)39)26-20-22-37-33(23-26)32-15-7-10-18-36(32)40(37)28-11-3-2-4-12-28/h2-5,7-11,13,15-25,28H,6,12,14H2,1H3. The number of allylic oxidation sites excluding steroid dienone is 7. The lowest BCUT2D eigenvalue weighted by Gasteiger charge is -2.33. The van der Waals surface area contributed by atoms with Gasteiger partial charge in [-0.15, -0.1) is 11.8 Å². The number of nitrogens with zero attached hydrogens (tertiary/aromatic N) is 1. The fourth-order valence-corrected chi connectivity index (χ4v) is 9.81. The van der Waals surface area contributed by atoms with E-state index >= 15 is 0 Å². The van der Waals surface area contributed by atoms with Gasteiger partial charge in [0.15, 0.2) is 0 Å². The van der Waals surface area contributed by atoms with E-state index in [2.05, 4.69) is 145 Å². The molecule has 0 N–H and O–H groups in total. The highest BCUT2D eigenvalue weighted by Crippen LogP contribution is 2.68. The lowest BCUT2D eigenvalue weighted by Crippen LogP contribution is -2.25. The second-order valence-corrected chi connectivity index (χ2v) is 13.2. The number of hydrogen-bond acceptors (Lipinski definition) is 1. The molecule has 1 nitrogen and oxygen atoms in total. The van der Waals surface area contributed by atoms with E-state index in [-0.39, 0.29) is 4.75 Å². The number of fused-ring (bicyclic) bond motifs is 8. The Hall–Kier alpha value is -4.01. The van der Waals surface area contributed by atoms with Gasteiger partial charge in [-0.05, 0) is 82.5 Å². The molecule has 0 fully saturated rings. The third kappa shape index (κ3) is 3.20. The van der Waals surface area contributed by atoms with Crippen LogP contribution < -0.4 is 0 Å². The van der Waals surface area contributed by atoms with E-state index in [1.165, 1.54) is 54.5 Å². The molecule has 3 unspecified atom stereocenters. The first kappa shape index (κ1) is 23.7. The van der Waals surface area contributed by atoms with Crippen LogP contribution in [0.4, 0.5) is 0 Å². The first-order chi connectivity index (χ1) is 20.2. The van der Waals surface area contributed by atoms with Gasteiger partial charge in [-0.25, -0.2) is 0 Å². The molecule has 0 bridgehead atoms. The molecule has 3 aliphatic carbocycles. The minimum absolute atomic E-state index is 0.0247. The highest BCUT2D eigenvalue weighted by Gasteiger charge is 2.53. The topological polar surface area (TPSA) is 4.93 Å². The maximum atomic E-state index is 2.53. The molecule has 0 saturated carbocycles. The summed E-state index contributed by atoms with van der Waals surface area (Å²) >= 11 is 2.09. The lowest BCUT2D eigenvalue weighted by atomic mass is 9.79. The van der Waals surface area contributed by atoms with Crippen molar-refractivity contribution in [2.45, 2.75) is 47.8 Å². The predicted molar refractivity (Wildman–Crippen MR) is 174 cm³/mol. The van der Waals surface area contributed by atoms with E-state index < -0.39 is 0 Å². The molecular formula is C39H31NS. The maximum Gasteiger partial charge on any atom is 0.0778 e. The van der Waals surface area contributed by atoms with Gasteiger partial charge in [0.25, 0.3) is 0 Å². The first-order valence-corrected chi connectivity index (χ1v) is 15.7. The Bertz CT molecular complexity index is 2030. The Morgan fingerprint density at radius 1 is 0.805 bits per heavy atom. The van der Waals surface area contributed by atoms with Crippen LogP contribution in [0.15, 0.2) is 132 Å². The zero-order valence-electron chi connectivity index (χ0n) is 23.2. The summed E-state index contributed by atoms with van der Waals surface area (Å²) in [6, 6.07) is 32.8. The molecule has 198 valence electrons. The molecule has 0 radical (unpaired) electrons. The van der Waals surface area contributed by atoms with Crippen molar-refractivity contribution in [3.8, 4) is 11.1 Å². The molecule has 1 aromatic heterocycles. The molecule has 4 aromatic carbocycles. The van der Waals surface area contributed by atoms with Crippen molar-refractivity contribution in [1.29, 1.82) is 0 Å². The van der Waals surface area contributed by atoms with Crippen LogP contribution in [0.3, 0.4) is 0 Å². The van der Waals surface area contributed by atoms with Gasteiger partial charge in [0.1, 0.15) is 0 Å². The van der Waals surface area contributed by atoms with Gasteiger partial charge in [0.05, 0.1) is 10.8 Å². The molecular weight excluding hydrogens is 515 g/mol. The summed E-state index contributed by atoms with van der Waals surface area (Å²) < 4.78 is 2.50. The SMILES string of the molecule is CC1c2ccc(-c3ccc4c(c3)c3ccccc3n4C3C=CC=CC3)cc2SC12C1=C(CCC=C1)c1ccccc12. The molecule has 5 aromatic rings. The van der Waals surface area contributed by atoms with Gasteiger partial charge in [-0.2, -0.15) is 0 Å². The van der Waals surface area contributed by atoms with Gasteiger partial charge in [0, 0.05) is 32.6 Å². The van der Waals surface area contributed by atoms with Crippen LogP contribution in [0.1, 0.15) is 54.8 Å². The van der Waals surface area contributed by atoms with E-state index in [1.807, 2.05) is 0 Å². The largest absolute Gasteiger partial charge is 0.333 e. The van der Waals surface area contributed by atoms with Crippen molar-refractivity contribution in [2.24, 2.45) is 0 Å². The van der Waals surface area contributed by atoms with Gasteiger partial charge in [-0.1, -0.05) is 104 Å². The summed E-state index contributed by atoms with van der Waals surface area (Å²) in [6.45, 7) is 2.45. The van der Waals surface area contributed by atoms with Crippen molar-refractivity contribution in [2.75, 3.05) is 0 Å². The Kier molecular flexibility index (Phi) is 5.05. The number of benzene rings is 4. The second kappa shape index (κ2) is 8.74.